The molecule has 0 saturated heterocycles. The quantitative estimate of drug-likeness (QED) is 0.901. The van der Waals surface area contributed by atoms with Crippen molar-refractivity contribution < 1.29 is 14.2 Å². The molecule has 0 bridgehead atoms. The summed E-state index contributed by atoms with van der Waals surface area (Å²) in [5, 5.41) is 9.78. The van der Waals surface area contributed by atoms with Crippen molar-refractivity contribution in [3.63, 3.8) is 0 Å². The van der Waals surface area contributed by atoms with Crippen LogP contribution >= 0.6 is 11.6 Å². The second-order valence-electron chi connectivity index (χ2n) is 3.46. The smallest absolute Gasteiger partial charge is 0.161 e. The first-order valence-corrected chi connectivity index (χ1v) is 5.40. The van der Waals surface area contributed by atoms with Crippen molar-refractivity contribution in [2.45, 2.75) is 6.61 Å². The van der Waals surface area contributed by atoms with E-state index in [0.29, 0.717) is 10.8 Å². The fraction of sp³-hybridized carbons (Fsp3) is 0.0769. The van der Waals surface area contributed by atoms with Gasteiger partial charge < -0.3 is 9.84 Å². The summed E-state index contributed by atoms with van der Waals surface area (Å²) in [7, 11) is 0. The van der Waals surface area contributed by atoms with E-state index in [9.17, 15) is 9.50 Å². The number of para-hydroxylation sites is 2. The zero-order valence-electron chi connectivity index (χ0n) is 8.86. The highest BCUT2D eigenvalue weighted by Gasteiger charge is 2.08. The van der Waals surface area contributed by atoms with Crippen LogP contribution in [0.3, 0.4) is 0 Å². The van der Waals surface area contributed by atoms with E-state index in [1.165, 1.54) is 18.2 Å². The van der Waals surface area contributed by atoms with Gasteiger partial charge in [0.2, 0.25) is 0 Å². The second kappa shape index (κ2) is 5.06. The number of rotatable bonds is 3. The summed E-state index contributed by atoms with van der Waals surface area (Å²) >= 11 is 5.85. The van der Waals surface area contributed by atoms with Crippen LogP contribution < -0.4 is 4.74 Å². The lowest BCUT2D eigenvalue weighted by atomic mass is 10.2. The molecular weight excluding hydrogens is 243 g/mol. The maximum Gasteiger partial charge on any atom is 0.161 e. The Kier molecular flexibility index (Phi) is 3.49. The molecule has 0 heterocycles. The minimum Gasteiger partial charge on any atom is -0.504 e. The molecule has 0 unspecified atom stereocenters. The predicted octanol–water partition coefficient (Wildman–Crippen LogP) is 3.76. The number of halogens is 2. The Morgan fingerprint density at radius 3 is 2.59 bits per heavy atom. The van der Waals surface area contributed by atoms with Crippen LogP contribution in [0.25, 0.3) is 0 Å². The van der Waals surface area contributed by atoms with Crippen LogP contribution in [0.5, 0.6) is 11.5 Å². The molecule has 1 N–H and O–H groups in total. The first-order chi connectivity index (χ1) is 8.18. The Morgan fingerprint density at radius 1 is 1.12 bits per heavy atom. The highest BCUT2D eigenvalue weighted by atomic mass is 35.5. The zero-order valence-corrected chi connectivity index (χ0v) is 9.62. The molecule has 17 heavy (non-hydrogen) atoms. The molecule has 0 amide bonds. The van der Waals surface area contributed by atoms with Gasteiger partial charge >= 0.3 is 0 Å². The van der Waals surface area contributed by atoms with Crippen molar-refractivity contribution in [2.24, 2.45) is 0 Å². The Hall–Kier alpha value is -1.74. The summed E-state index contributed by atoms with van der Waals surface area (Å²) in [5.74, 6) is -0.111. The van der Waals surface area contributed by atoms with Crippen molar-refractivity contribution in [3.05, 3.63) is 58.9 Å². The lowest BCUT2D eigenvalue weighted by Crippen LogP contribution is -1.99. The van der Waals surface area contributed by atoms with Crippen LogP contribution in [-0.2, 0) is 6.61 Å². The number of phenols is 1. The van der Waals surface area contributed by atoms with E-state index >= 15 is 0 Å². The molecule has 0 aliphatic rings. The second-order valence-corrected chi connectivity index (χ2v) is 3.86. The molecule has 0 saturated carbocycles. The van der Waals surface area contributed by atoms with Crippen molar-refractivity contribution >= 4 is 11.6 Å². The molecule has 0 spiro atoms. The molecular formula is C13H10ClFO2. The van der Waals surface area contributed by atoms with Crippen molar-refractivity contribution in [2.75, 3.05) is 0 Å². The molecule has 88 valence electrons. The maximum atomic E-state index is 13.4. The first-order valence-electron chi connectivity index (χ1n) is 5.02. The summed E-state index contributed by atoms with van der Waals surface area (Å²) in [6.45, 7) is -0.0247. The number of benzene rings is 2. The van der Waals surface area contributed by atoms with Gasteiger partial charge in [0.1, 0.15) is 12.4 Å². The van der Waals surface area contributed by atoms with E-state index in [2.05, 4.69) is 0 Å². The number of ether oxygens (including phenoxy) is 1. The van der Waals surface area contributed by atoms with Gasteiger partial charge in [-0.25, -0.2) is 4.39 Å². The summed E-state index contributed by atoms with van der Waals surface area (Å²) in [6, 6.07) is 10.9. The average Bonchev–Trinajstić information content (AvgIpc) is 2.30. The average molecular weight is 253 g/mol. The molecule has 0 aliphatic carbocycles. The van der Waals surface area contributed by atoms with Crippen molar-refractivity contribution in [1.82, 2.24) is 0 Å². The number of hydrogen-bond acceptors (Lipinski definition) is 2. The summed E-state index contributed by atoms with van der Waals surface area (Å²) < 4.78 is 18.7. The Bertz CT molecular complexity index is 508. The molecule has 2 nitrogen and oxygen atoms in total. The Balaban J connectivity index is 2.16. The third-order valence-corrected chi connectivity index (χ3v) is 2.65. The molecule has 0 atom stereocenters. The van der Waals surface area contributed by atoms with Crippen LogP contribution in [0.4, 0.5) is 4.39 Å². The fourth-order valence-electron chi connectivity index (χ4n) is 1.40. The highest BCUT2D eigenvalue weighted by Crippen LogP contribution is 2.27. The van der Waals surface area contributed by atoms with E-state index in [1.807, 2.05) is 0 Å². The maximum absolute atomic E-state index is 13.4. The molecule has 4 heteroatoms. The standard InChI is InChI=1S/C13H10ClFO2/c14-10-4-3-5-11(15)9(10)8-17-13-7-2-1-6-12(13)16/h1-7,16H,8H2. The van der Waals surface area contributed by atoms with Gasteiger partial charge in [-0.1, -0.05) is 29.8 Å². The largest absolute Gasteiger partial charge is 0.504 e. The monoisotopic (exact) mass is 252 g/mol. The number of aromatic hydroxyl groups is 1. The molecule has 0 fully saturated rings. The third kappa shape index (κ3) is 2.68. The van der Waals surface area contributed by atoms with Gasteiger partial charge in [0.25, 0.3) is 0 Å². The van der Waals surface area contributed by atoms with E-state index in [1.54, 1.807) is 24.3 Å². The van der Waals surface area contributed by atoms with Gasteiger partial charge in [-0.3, -0.25) is 0 Å². The minimum atomic E-state index is -0.423. The molecule has 2 aromatic carbocycles. The normalized spacial score (nSPS) is 10.2. The molecule has 0 aliphatic heterocycles. The lowest BCUT2D eigenvalue weighted by Gasteiger charge is -2.09. The summed E-state index contributed by atoms with van der Waals surface area (Å²) in [5.41, 5.74) is 0.275. The topological polar surface area (TPSA) is 29.5 Å². The Morgan fingerprint density at radius 2 is 1.88 bits per heavy atom. The molecule has 2 aromatic rings. The van der Waals surface area contributed by atoms with E-state index in [4.69, 9.17) is 16.3 Å². The van der Waals surface area contributed by atoms with Gasteiger partial charge in [0, 0.05) is 5.56 Å². The van der Waals surface area contributed by atoms with Gasteiger partial charge in [-0.15, -0.1) is 0 Å². The zero-order chi connectivity index (χ0) is 12.3. The van der Waals surface area contributed by atoms with Gasteiger partial charge in [0.05, 0.1) is 5.02 Å². The van der Waals surface area contributed by atoms with Crippen LogP contribution in [0.1, 0.15) is 5.56 Å². The molecule has 2 rings (SSSR count). The summed E-state index contributed by atoms with van der Waals surface area (Å²) in [4.78, 5) is 0. The van der Waals surface area contributed by atoms with Gasteiger partial charge in [-0.2, -0.15) is 0 Å². The third-order valence-electron chi connectivity index (χ3n) is 2.30. The van der Waals surface area contributed by atoms with Crippen LogP contribution in [0, 0.1) is 5.82 Å². The first kappa shape index (κ1) is 11.7. The van der Waals surface area contributed by atoms with Crippen LogP contribution in [-0.4, -0.2) is 5.11 Å². The minimum absolute atomic E-state index is 0.0139. The van der Waals surface area contributed by atoms with Crippen molar-refractivity contribution in [3.8, 4) is 11.5 Å². The number of hydrogen-bond donors (Lipinski definition) is 1. The number of phenolic OH excluding ortho intramolecular Hbond substituents is 1. The van der Waals surface area contributed by atoms with Gasteiger partial charge in [-0.05, 0) is 24.3 Å². The SMILES string of the molecule is Oc1ccccc1OCc1c(F)cccc1Cl. The van der Waals surface area contributed by atoms with E-state index < -0.39 is 5.82 Å². The van der Waals surface area contributed by atoms with E-state index in [-0.39, 0.29) is 17.9 Å². The van der Waals surface area contributed by atoms with Gasteiger partial charge in [0.15, 0.2) is 11.5 Å². The lowest BCUT2D eigenvalue weighted by molar-refractivity contribution is 0.284. The Labute approximate surface area is 103 Å². The van der Waals surface area contributed by atoms with Crippen LogP contribution in [0.2, 0.25) is 5.02 Å². The molecule has 0 radical (unpaired) electrons. The van der Waals surface area contributed by atoms with E-state index in [0.717, 1.165) is 0 Å². The summed E-state index contributed by atoms with van der Waals surface area (Å²) in [6.07, 6.45) is 0. The van der Waals surface area contributed by atoms with Crippen LogP contribution in [0.15, 0.2) is 42.5 Å². The van der Waals surface area contributed by atoms with Crippen molar-refractivity contribution in [1.29, 1.82) is 0 Å². The predicted molar refractivity (Wildman–Crippen MR) is 63.8 cm³/mol. The molecule has 0 aromatic heterocycles. The highest BCUT2D eigenvalue weighted by molar-refractivity contribution is 6.31. The fourth-order valence-corrected chi connectivity index (χ4v) is 1.62.